The van der Waals surface area contributed by atoms with Gasteiger partial charge < -0.3 is 5.11 Å². The van der Waals surface area contributed by atoms with E-state index in [0.717, 1.165) is 18.4 Å². The van der Waals surface area contributed by atoms with E-state index < -0.39 is 11.5 Å². The number of aliphatic carboxylic acids is 1. The fraction of sp³-hybridized carbons (Fsp3) is 0.400. The van der Waals surface area contributed by atoms with Crippen molar-refractivity contribution in [1.29, 1.82) is 0 Å². The highest BCUT2D eigenvalue weighted by Crippen LogP contribution is 2.46. The number of rotatable bonds is 4. The smallest absolute Gasteiger partial charge is 0.324 e. The minimum Gasteiger partial charge on any atom is -0.480 e. The van der Waals surface area contributed by atoms with Gasteiger partial charge in [-0.1, -0.05) is 42.5 Å². The normalized spacial score (nSPS) is 32.9. The van der Waals surface area contributed by atoms with Gasteiger partial charge in [-0.15, -0.1) is 0 Å². The van der Waals surface area contributed by atoms with Crippen LogP contribution in [0.25, 0.3) is 0 Å². The SMILES string of the molecule is O=C(O)[C@@]1(NCc2ccccc2)C[C@@H]2C=C[C@H]1C2. The molecule has 0 amide bonds. The van der Waals surface area contributed by atoms with E-state index in [4.69, 9.17) is 0 Å². The van der Waals surface area contributed by atoms with E-state index in [-0.39, 0.29) is 5.92 Å². The van der Waals surface area contributed by atoms with Crippen LogP contribution in [0.3, 0.4) is 0 Å². The maximum Gasteiger partial charge on any atom is 0.324 e. The first-order valence-electron chi connectivity index (χ1n) is 6.41. The van der Waals surface area contributed by atoms with Crippen molar-refractivity contribution in [3.05, 3.63) is 48.0 Å². The van der Waals surface area contributed by atoms with Gasteiger partial charge in [0.15, 0.2) is 0 Å². The molecular formula is C15H17NO2. The van der Waals surface area contributed by atoms with Crippen molar-refractivity contribution in [3.63, 3.8) is 0 Å². The van der Waals surface area contributed by atoms with Gasteiger partial charge in [0.1, 0.15) is 5.54 Å². The van der Waals surface area contributed by atoms with E-state index in [9.17, 15) is 9.90 Å². The van der Waals surface area contributed by atoms with E-state index in [0.29, 0.717) is 12.5 Å². The molecule has 0 unspecified atom stereocenters. The number of carbonyl (C=O) groups is 1. The molecule has 1 aromatic carbocycles. The first kappa shape index (κ1) is 11.5. The summed E-state index contributed by atoms with van der Waals surface area (Å²) in [4.78, 5) is 11.6. The molecule has 3 heteroatoms. The lowest BCUT2D eigenvalue weighted by Gasteiger charge is -2.32. The lowest BCUT2D eigenvalue weighted by Crippen LogP contribution is -2.54. The highest BCUT2D eigenvalue weighted by Gasteiger charge is 2.53. The summed E-state index contributed by atoms with van der Waals surface area (Å²) in [6, 6.07) is 9.96. The van der Waals surface area contributed by atoms with Crippen LogP contribution >= 0.6 is 0 Å². The first-order valence-corrected chi connectivity index (χ1v) is 6.41. The molecule has 2 aliphatic rings. The summed E-state index contributed by atoms with van der Waals surface area (Å²) in [7, 11) is 0. The Hall–Kier alpha value is -1.61. The third kappa shape index (κ3) is 1.75. The van der Waals surface area contributed by atoms with Gasteiger partial charge in [-0.2, -0.15) is 0 Å². The quantitative estimate of drug-likeness (QED) is 0.797. The number of allylic oxidation sites excluding steroid dienone is 1. The fourth-order valence-corrected chi connectivity index (χ4v) is 3.24. The van der Waals surface area contributed by atoms with E-state index in [1.54, 1.807) is 0 Å². The highest BCUT2D eigenvalue weighted by molar-refractivity contribution is 5.81. The number of nitrogens with one attached hydrogen (secondary N) is 1. The molecule has 3 rings (SSSR count). The molecule has 3 nitrogen and oxygen atoms in total. The summed E-state index contributed by atoms with van der Waals surface area (Å²) < 4.78 is 0. The van der Waals surface area contributed by atoms with E-state index >= 15 is 0 Å². The van der Waals surface area contributed by atoms with Crippen LogP contribution in [0.2, 0.25) is 0 Å². The van der Waals surface area contributed by atoms with Gasteiger partial charge in [-0.3, -0.25) is 10.1 Å². The molecular weight excluding hydrogens is 226 g/mol. The minimum absolute atomic E-state index is 0.142. The largest absolute Gasteiger partial charge is 0.480 e. The molecule has 0 spiro atoms. The van der Waals surface area contributed by atoms with Crippen LogP contribution in [0, 0.1) is 11.8 Å². The van der Waals surface area contributed by atoms with Crippen LogP contribution in [0.4, 0.5) is 0 Å². The van der Waals surface area contributed by atoms with Gasteiger partial charge in [0.2, 0.25) is 0 Å². The number of fused-ring (bicyclic) bond motifs is 2. The molecule has 1 fully saturated rings. The highest BCUT2D eigenvalue weighted by atomic mass is 16.4. The topological polar surface area (TPSA) is 49.3 Å². The third-order valence-corrected chi connectivity index (χ3v) is 4.22. The molecule has 0 aromatic heterocycles. The fourth-order valence-electron chi connectivity index (χ4n) is 3.24. The Morgan fingerprint density at radius 1 is 1.33 bits per heavy atom. The molecule has 1 saturated carbocycles. The van der Waals surface area contributed by atoms with Crippen molar-refractivity contribution in [2.75, 3.05) is 0 Å². The summed E-state index contributed by atoms with van der Waals surface area (Å²) in [6.07, 6.45) is 5.93. The molecule has 1 aromatic rings. The number of benzene rings is 1. The standard InChI is InChI=1S/C15H17NO2/c17-14(18)15(9-12-6-7-13(15)8-12)16-10-11-4-2-1-3-5-11/h1-7,12-13,16H,8-10H2,(H,17,18)/t12-,13+,15-/m1/s1. The second kappa shape index (κ2) is 4.25. The van der Waals surface area contributed by atoms with E-state index in [1.807, 2.05) is 30.3 Å². The van der Waals surface area contributed by atoms with Gasteiger partial charge in [0, 0.05) is 12.5 Å². The van der Waals surface area contributed by atoms with Gasteiger partial charge in [-0.25, -0.2) is 0 Å². The predicted molar refractivity (Wildman–Crippen MR) is 69.0 cm³/mol. The zero-order valence-electron chi connectivity index (χ0n) is 10.2. The molecule has 2 N–H and O–H groups in total. The second-order valence-corrected chi connectivity index (χ2v) is 5.31. The zero-order chi connectivity index (χ0) is 12.6. The lowest BCUT2D eigenvalue weighted by molar-refractivity contribution is -0.146. The first-order chi connectivity index (χ1) is 8.71. The average molecular weight is 243 g/mol. The number of hydrogen-bond donors (Lipinski definition) is 2. The van der Waals surface area contributed by atoms with Crippen LogP contribution < -0.4 is 5.32 Å². The van der Waals surface area contributed by atoms with Crippen molar-refractivity contribution >= 4 is 5.97 Å². The van der Waals surface area contributed by atoms with Crippen molar-refractivity contribution in [2.24, 2.45) is 11.8 Å². The van der Waals surface area contributed by atoms with Gasteiger partial charge in [0.25, 0.3) is 0 Å². The monoisotopic (exact) mass is 243 g/mol. The van der Waals surface area contributed by atoms with Gasteiger partial charge >= 0.3 is 5.97 Å². The van der Waals surface area contributed by atoms with E-state index in [2.05, 4.69) is 17.5 Å². The Bertz CT molecular complexity index is 483. The summed E-state index contributed by atoms with van der Waals surface area (Å²) in [5.41, 5.74) is 0.375. The molecule has 0 aliphatic heterocycles. The molecule has 0 saturated heterocycles. The number of carboxylic acids is 1. The van der Waals surface area contributed by atoms with Crippen molar-refractivity contribution in [1.82, 2.24) is 5.32 Å². The molecule has 18 heavy (non-hydrogen) atoms. The molecule has 94 valence electrons. The van der Waals surface area contributed by atoms with E-state index in [1.165, 1.54) is 0 Å². The van der Waals surface area contributed by atoms with Gasteiger partial charge in [-0.05, 0) is 24.3 Å². The Balaban J connectivity index is 1.77. The van der Waals surface area contributed by atoms with Crippen LogP contribution in [-0.4, -0.2) is 16.6 Å². The molecule has 2 bridgehead atoms. The van der Waals surface area contributed by atoms with Crippen LogP contribution in [0.1, 0.15) is 18.4 Å². The van der Waals surface area contributed by atoms with Crippen molar-refractivity contribution < 1.29 is 9.90 Å². The Kier molecular flexibility index (Phi) is 2.71. The van der Waals surface area contributed by atoms with Crippen molar-refractivity contribution in [2.45, 2.75) is 24.9 Å². The van der Waals surface area contributed by atoms with Crippen LogP contribution in [-0.2, 0) is 11.3 Å². The second-order valence-electron chi connectivity index (χ2n) is 5.31. The maximum atomic E-state index is 11.6. The Morgan fingerprint density at radius 2 is 2.11 bits per heavy atom. The summed E-state index contributed by atoms with van der Waals surface area (Å²) in [5.74, 6) is -0.131. The van der Waals surface area contributed by atoms with Crippen LogP contribution in [0.5, 0.6) is 0 Å². The maximum absolute atomic E-state index is 11.6. The number of hydrogen-bond acceptors (Lipinski definition) is 2. The lowest BCUT2D eigenvalue weighted by atomic mass is 9.84. The summed E-state index contributed by atoms with van der Waals surface area (Å²) in [6.45, 7) is 0.615. The molecule has 2 aliphatic carbocycles. The minimum atomic E-state index is -0.755. The molecule has 3 atom stereocenters. The molecule has 0 heterocycles. The summed E-state index contributed by atoms with van der Waals surface area (Å²) >= 11 is 0. The average Bonchev–Trinajstić information content (AvgIpc) is 2.98. The summed E-state index contributed by atoms with van der Waals surface area (Å²) in [5, 5.41) is 12.9. The van der Waals surface area contributed by atoms with Crippen molar-refractivity contribution in [3.8, 4) is 0 Å². The zero-order valence-corrected chi connectivity index (χ0v) is 10.2. The van der Waals surface area contributed by atoms with Gasteiger partial charge in [0.05, 0.1) is 0 Å². The Labute approximate surface area is 107 Å². The Morgan fingerprint density at radius 3 is 2.67 bits per heavy atom. The number of carboxylic acid groups (broad SMARTS) is 1. The third-order valence-electron chi connectivity index (χ3n) is 4.22. The predicted octanol–water partition coefficient (Wildman–Crippen LogP) is 2.20. The van der Waals surface area contributed by atoms with Crippen LogP contribution in [0.15, 0.2) is 42.5 Å². The molecule has 0 radical (unpaired) electrons.